The zero-order chi connectivity index (χ0) is 38.0. The summed E-state index contributed by atoms with van der Waals surface area (Å²) in [5.41, 5.74) is 4.86. The minimum atomic E-state index is 0. The van der Waals surface area contributed by atoms with Gasteiger partial charge in [-0.15, -0.1) is 35.4 Å². The molecule has 10 aromatic rings. The van der Waals surface area contributed by atoms with E-state index in [0.29, 0.717) is 28.3 Å². The number of pyridine rings is 3. The molecule has 10 rings (SSSR count). The van der Waals surface area contributed by atoms with Crippen molar-refractivity contribution < 1.29 is 115 Å². The molecule has 0 unspecified atom stereocenters. The molecule has 13 heteroatoms. The zero-order valence-electron chi connectivity index (χ0n) is 33.7. The first-order chi connectivity index (χ1) is 26.9. The van der Waals surface area contributed by atoms with Gasteiger partial charge in [0.15, 0.2) is 18.1 Å². The average molecular weight is 750 g/mol. The van der Waals surface area contributed by atoms with E-state index < -0.39 is 0 Å². The first kappa shape index (κ1) is 48.1. The Balaban J connectivity index is 0.000000208. The van der Waals surface area contributed by atoms with E-state index in [2.05, 4.69) is 31.2 Å². The molecule has 0 aliphatic carbocycles. The molecule has 0 saturated carbocycles. The van der Waals surface area contributed by atoms with Gasteiger partial charge in [0.2, 0.25) is 16.6 Å². The Kier molecular flexibility index (Phi) is 19.0. The quantitative estimate of drug-likeness (QED) is 0.0981. The fourth-order valence-electron chi connectivity index (χ4n) is 5.92. The van der Waals surface area contributed by atoms with Crippen LogP contribution in [-0.4, -0.2) is 5.10 Å². The van der Waals surface area contributed by atoms with Gasteiger partial charge in [0.1, 0.15) is 0 Å². The maximum Gasteiger partial charge on any atom is 1.00 e. The van der Waals surface area contributed by atoms with Crippen LogP contribution in [0, 0.1) is 13.0 Å². The van der Waals surface area contributed by atoms with Gasteiger partial charge in [0.05, 0.1) is 5.39 Å². The fourth-order valence-corrected chi connectivity index (χ4v) is 5.92. The minimum absolute atomic E-state index is 0. The molecule has 59 heavy (non-hydrogen) atoms. The maximum atomic E-state index is 11.6. The summed E-state index contributed by atoms with van der Waals surface area (Å²) in [6.45, 7) is 1.94. The molecule has 0 aliphatic heterocycles. The van der Waals surface area contributed by atoms with Crippen molar-refractivity contribution in [1.82, 2.24) is 5.10 Å². The molecule has 4 heterocycles. The van der Waals surface area contributed by atoms with Crippen molar-refractivity contribution in [3.8, 4) is 40.2 Å². The number of aryl methyl sites for hydroxylation is 1. The molecule has 0 spiro atoms. The summed E-state index contributed by atoms with van der Waals surface area (Å²) < 4.78 is 5.66. The van der Waals surface area contributed by atoms with E-state index in [1.807, 2.05) is 134 Å². The Bertz CT molecular complexity index is 2790. The molecule has 9 nitrogen and oxygen atoms in total. The van der Waals surface area contributed by atoms with Crippen molar-refractivity contribution in [2.45, 2.75) is 6.92 Å². The number of hydrogen-bond acceptors (Lipinski definition) is 5. The minimum Gasteiger partial charge on any atom is -0.868 e. The summed E-state index contributed by atoms with van der Waals surface area (Å²) in [6.07, 6.45) is 3.63. The normalized spacial score (nSPS) is 9.78. The molecule has 0 radical (unpaired) electrons. The third kappa shape index (κ3) is 12.1. The number of aromatic amines is 4. The predicted octanol–water partition coefficient (Wildman–Crippen LogP) is -5.72. The van der Waals surface area contributed by atoms with Gasteiger partial charge in [0, 0.05) is 51.3 Å². The average Bonchev–Trinajstić information content (AvgIpc) is 3.74. The third-order valence-electron chi connectivity index (χ3n) is 8.63. The number of aromatic nitrogens is 5. The smallest absolute Gasteiger partial charge is 0.868 e. The summed E-state index contributed by atoms with van der Waals surface area (Å²) in [5, 5.41) is 46.2. The first-order valence-corrected chi connectivity index (χ1v) is 17.5. The van der Waals surface area contributed by atoms with Crippen LogP contribution < -0.4 is 111 Å². The third-order valence-corrected chi connectivity index (χ3v) is 8.63. The van der Waals surface area contributed by atoms with E-state index in [4.69, 9.17) is 4.42 Å². The number of hydrogen-bond donors (Lipinski definition) is 0. The second-order valence-electron chi connectivity index (χ2n) is 12.4. The summed E-state index contributed by atoms with van der Waals surface area (Å²) in [6, 6.07) is 52.0. The van der Waals surface area contributed by atoms with Crippen LogP contribution >= 0.6 is 0 Å². The standard InChI is InChI=1S/C14H9N2O.C13H9NO.C10H9NO.C9H7NO.4Li/c1-3-7-11(8-4-1)13-15-16-14(17-13)12-9-5-2-6-10-12;15-12-7-3-6-11-10-5-2-1-4-9(10)8-14-13(11)12;1-7-5-6-8-3-2-4-9(12)10(8)11-7;11-8-5-1-3-7-4-2-6-10-9(7)8;;;;/h1-9H;1-8,15H;2-6,12H,1H3;1-6,11H;;;;/q-1;;;;4*+1/p+1. The molecule has 268 valence electrons. The van der Waals surface area contributed by atoms with Gasteiger partial charge in [-0.3, -0.25) is 0 Å². The molecule has 4 aromatic heterocycles. The molecule has 0 aliphatic rings. The molecule has 0 amide bonds. The van der Waals surface area contributed by atoms with Crippen LogP contribution in [0.25, 0.3) is 66.4 Å². The van der Waals surface area contributed by atoms with Gasteiger partial charge in [-0.1, -0.05) is 72.8 Å². The Labute approximate surface area is 389 Å². The monoisotopic (exact) mass is 749 g/mol. The van der Waals surface area contributed by atoms with Crippen LogP contribution in [0.4, 0.5) is 0 Å². The van der Waals surface area contributed by atoms with Crippen molar-refractivity contribution in [3.05, 3.63) is 182 Å². The Hall–Kier alpha value is -5.26. The molecular weight excluding hydrogens is 714 g/mol. The van der Waals surface area contributed by atoms with Crippen molar-refractivity contribution in [2.24, 2.45) is 0 Å². The summed E-state index contributed by atoms with van der Waals surface area (Å²) in [7, 11) is 0. The van der Waals surface area contributed by atoms with E-state index in [0.717, 1.165) is 43.8 Å². The van der Waals surface area contributed by atoms with E-state index in [1.54, 1.807) is 42.6 Å². The molecule has 4 N–H and O–H groups in total. The zero-order valence-corrected chi connectivity index (χ0v) is 33.7. The summed E-state index contributed by atoms with van der Waals surface area (Å²) in [4.78, 5) is 9.00. The molecule has 0 atom stereocenters. The van der Waals surface area contributed by atoms with Gasteiger partial charge < -0.3 is 19.7 Å². The maximum absolute atomic E-state index is 11.6. The van der Waals surface area contributed by atoms with Crippen molar-refractivity contribution in [2.75, 3.05) is 0 Å². The molecule has 6 aromatic carbocycles. The van der Waals surface area contributed by atoms with Crippen LogP contribution in [0.3, 0.4) is 0 Å². The number of nitrogens with one attached hydrogen (secondary N) is 4. The van der Waals surface area contributed by atoms with Crippen molar-refractivity contribution >= 4 is 43.5 Å². The number of rotatable bonds is 2. The molecule has 0 fully saturated rings. The van der Waals surface area contributed by atoms with Gasteiger partial charge in [0.25, 0.3) is 5.89 Å². The topological polar surface area (TPSA) is 152 Å². The summed E-state index contributed by atoms with van der Waals surface area (Å²) >= 11 is 0. The molecule has 0 saturated heterocycles. The Morgan fingerprint density at radius 2 is 1.12 bits per heavy atom. The SMILES string of the molecule is Cc1ccc2cccc([O-])c2[nH+]1.[Li+].[Li+].[Li+].[Li+].[O-]c1cccc2c1[nH+]cc1ccccc12.[O-]c1cccc2ccc[nH+]c12.[c-]1ccccc1-c1[nH+]nc(-c2ccccc2)o1. The molecular formula is C46H35Li4N5O4+4. The number of nitrogens with zero attached hydrogens (tertiary/aromatic N) is 1. The van der Waals surface area contributed by atoms with E-state index in [-0.39, 0.29) is 92.7 Å². The second kappa shape index (κ2) is 23.4. The number of para-hydroxylation sites is 3. The number of fused-ring (bicyclic) bond motifs is 5. The van der Waals surface area contributed by atoms with Gasteiger partial charge in [-0.25, -0.2) is 15.0 Å². The van der Waals surface area contributed by atoms with Crippen LogP contribution in [0.1, 0.15) is 5.69 Å². The number of benzene rings is 6. The first-order valence-electron chi connectivity index (χ1n) is 17.5. The van der Waals surface area contributed by atoms with Gasteiger partial charge in [-0.2, -0.15) is 0 Å². The van der Waals surface area contributed by atoms with Gasteiger partial charge >= 0.3 is 81.3 Å². The van der Waals surface area contributed by atoms with E-state index >= 15 is 0 Å². The van der Waals surface area contributed by atoms with Crippen molar-refractivity contribution in [1.29, 1.82) is 0 Å². The fraction of sp³-hybridized carbons (Fsp3) is 0.0217. The van der Waals surface area contributed by atoms with Crippen LogP contribution in [0.2, 0.25) is 0 Å². The predicted molar refractivity (Wildman–Crippen MR) is 205 cm³/mol. The van der Waals surface area contributed by atoms with Crippen LogP contribution in [0.5, 0.6) is 17.2 Å². The van der Waals surface area contributed by atoms with Crippen LogP contribution in [-0.2, 0) is 0 Å². The Morgan fingerprint density at radius 1 is 0.525 bits per heavy atom. The second-order valence-corrected chi connectivity index (χ2v) is 12.4. The van der Waals surface area contributed by atoms with E-state index in [9.17, 15) is 15.3 Å². The number of H-pyrrole nitrogens is 4. The summed E-state index contributed by atoms with van der Waals surface area (Å²) in [5.74, 6) is 1.33. The van der Waals surface area contributed by atoms with Crippen molar-refractivity contribution in [3.63, 3.8) is 0 Å². The largest absolute Gasteiger partial charge is 1.00 e. The Morgan fingerprint density at radius 3 is 1.83 bits per heavy atom. The molecule has 0 bridgehead atoms. The van der Waals surface area contributed by atoms with E-state index in [1.165, 1.54) is 0 Å². The van der Waals surface area contributed by atoms with Gasteiger partial charge in [-0.05, 0) is 71.3 Å². The van der Waals surface area contributed by atoms with Crippen LogP contribution in [0.15, 0.2) is 175 Å².